The molecular formula is C29H28N2O8. The smallest absolute Gasteiger partial charge is 0.255 e. The van der Waals surface area contributed by atoms with Gasteiger partial charge in [-0.15, -0.1) is 0 Å². The van der Waals surface area contributed by atoms with E-state index in [1.807, 2.05) is 6.07 Å². The van der Waals surface area contributed by atoms with Crippen LogP contribution in [0.1, 0.15) is 21.5 Å². The standard InChI is InChI=1S/C29H28N2O8/c1-13-15-10-7-11-16(32)18(15)23(33)19-17(13)25(39-12-14-8-5-4-6-9-14)21-22(31(2)3)24(34)20(28(30)37)27(36)29(21,38)26(19)35/h4-11,17,21-22,25,32,34-35,38H,1,12H2,2-3H3,(H2,30,37)/t17-,21-,22+,25+,29+/m1/s1. The average Bonchev–Trinajstić information content (AvgIpc) is 2.88. The minimum absolute atomic E-state index is 0.0154. The van der Waals surface area contributed by atoms with Gasteiger partial charge in [0.1, 0.15) is 22.8 Å². The fraction of sp³-hybridized carbons (Fsp3) is 0.276. The maximum atomic E-state index is 13.8. The molecule has 0 aromatic heterocycles. The lowest BCUT2D eigenvalue weighted by Gasteiger charge is -2.53. The number of Topliss-reactive ketones (excluding diaryl/α,β-unsaturated/α-hetero) is 2. The quantitative estimate of drug-likeness (QED) is 0.360. The van der Waals surface area contributed by atoms with E-state index in [0.717, 1.165) is 5.56 Å². The zero-order valence-electron chi connectivity index (χ0n) is 21.3. The first-order chi connectivity index (χ1) is 18.4. The van der Waals surface area contributed by atoms with Crippen LogP contribution in [0.25, 0.3) is 5.57 Å². The van der Waals surface area contributed by atoms with Gasteiger partial charge in [0.05, 0.1) is 35.8 Å². The Morgan fingerprint density at radius 2 is 1.74 bits per heavy atom. The maximum Gasteiger partial charge on any atom is 0.255 e. The molecule has 3 aliphatic rings. The molecule has 0 radical (unpaired) electrons. The Morgan fingerprint density at radius 1 is 1.08 bits per heavy atom. The third-order valence-corrected chi connectivity index (χ3v) is 7.87. The number of fused-ring (bicyclic) bond motifs is 3. The minimum Gasteiger partial charge on any atom is -0.510 e. The monoisotopic (exact) mass is 532 g/mol. The molecule has 6 N–H and O–H groups in total. The summed E-state index contributed by atoms with van der Waals surface area (Å²) < 4.78 is 6.35. The lowest BCUT2D eigenvalue weighted by Crippen LogP contribution is -2.68. The van der Waals surface area contributed by atoms with Crippen molar-refractivity contribution >= 4 is 23.0 Å². The van der Waals surface area contributed by atoms with E-state index in [9.17, 15) is 34.8 Å². The zero-order chi connectivity index (χ0) is 28.4. The maximum absolute atomic E-state index is 13.8. The van der Waals surface area contributed by atoms with Gasteiger partial charge in [-0.05, 0) is 36.9 Å². The van der Waals surface area contributed by atoms with Crippen LogP contribution in [-0.2, 0) is 20.9 Å². The van der Waals surface area contributed by atoms with Crippen molar-refractivity contribution in [3.8, 4) is 5.75 Å². The predicted molar refractivity (Wildman–Crippen MR) is 139 cm³/mol. The van der Waals surface area contributed by atoms with Gasteiger partial charge in [-0.25, -0.2) is 0 Å². The number of rotatable bonds is 5. The molecule has 10 heteroatoms. The Labute approximate surface area is 223 Å². The van der Waals surface area contributed by atoms with Gasteiger partial charge in [0.2, 0.25) is 5.78 Å². The number of nitrogens with zero attached hydrogens (tertiary/aromatic N) is 1. The summed E-state index contributed by atoms with van der Waals surface area (Å²) in [6, 6.07) is 12.2. The number of aliphatic hydroxyl groups excluding tert-OH is 2. The number of phenols is 1. The second-order valence-electron chi connectivity index (χ2n) is 10.2. The first kappa shape index (κ1) is 26.4. The molecule has 2 aromatic rings. The number of benzene rings is 2. The molecule has 0 saturated carbocycles. The number of amides is 1. The summed E-state index contributed by atoms with van der Waals surface area (Å²) in [5.41, 5.74) is 2.50. The highest BCUT2D eigenvalue weighted by atomic mass is 16.5. The summed E-state index contributed by atoms with van der Waals surface area (Å²) in [5.74, 6) is -8.00. The molecular weight excluding hydrogens is 504 g/mol. The van der Waals surface area contributed by atoms with Crippen molar-refractivity contribution in [2.24, 2.45) is 17.6 Å². The molecule has 0 fully saturated rings. The van der Waals surface area contributed by atoms with Gasteiger partial charge in [0.25, 0.3) is 5.91 Å². The van der Waals surface area contributed by atoms with Crippen LogP contribution in [-0.4, -0.2) is 74.6 Å². The lowest BCUT2D eigenvalue weighted by atomic mass is 9.56. The number of likely N-dealkylation sites (N-methyl/N-ethyl adjacent to an activating group) is 1. The number of aliphatic hydroxyl groups is 3. The van der Waals surface area contributed by atoms with E-state index < -0.39 is 64.1 Å². The minimum atomic E-state index is -2.86. The molecule has 0 spiro atoms. The summed E-state index contributed by atoms with van der Waals surface area (Å²) in [6.45, 7) is 4.13. The molecule has 0 heterocycles. The highest BCUT2D eigenvalue weighted by molar-refractivity contribution is 6.25. The van der Waals surface area contributed by atoms with E-state index in [4.69, 9.17) is 10.5 Å². The molecule has 0 bridgehead atoms. The van der Waals surface area contributed by atoms with E-state index in [2.05, 4.69) is 6.58 Å². The van der Waals surface area contributed by atoms with Crippen LogP contribution < -0.4 is 5.73 Å². The molecule has 0 unspecified atom stereocenters. The van der Waals surface area contributed by atoms with E-state index in [1.54, 1.807) is 50.5 Å². The Bertz CT molecular complexity index is 1490. The van der Waals surface area contributed by atoms with Gasteiger partial charge in [-0.2, -0.15) is 0 Å². The molecule has 202 valence electrons. The first-order valence-electron chi connectivity index (χ1n) is 12.2. The van der Waals surface area contributed by atoms with Gasteiger partial charge in [-0.1, -0.05) is 49.0 Å². The number of aromatic hydroxyl groups is 1. The third kappa shape index (κ3) is 3.63. The second-order valence-corrected chi connectivity index (χ2v) is 10.2. The number of phenolic OH excluding ortho intramolecular Hbond substituents is 1. The predicted octanol–water partition coefficient (Wildman–Crippen LogP) is 1.79. The van der Waals surface area contributed by atoms with Gasteiger partial charge < -0.3 is 30.9 Å². The summed E-state index contributed by atoms with van der Waals surface area (Å²) >= 11 is 0. The third-order valence-electron chi connectivity index (χ3n) is 7.87. The normalized spacial score (nSPS) is 28.4. The summed E-state index contributed by atoms with van der Waals surface area (Å²) in [6.07, 6.45) is -1.21. The van der Waals surface area contributed by atoms with Gasteiger partial charge in [0, 0.05) is 5.92 Å². The second kappa shape index (κ2) is 9.19. The molecule has 2 aromatic carbocycles. The molecule has 39 heavy (non-hydrogen) atoms. The van der Waals surface area contributed by atoms with E-state index in [0.29, 0.717) is 11.1 Å². The van der Waals surface area contributed by atoms with Crippen molar-refractivity contribution < 1.29 is 39.5 Å². The highest BCUT2D eigenvalue weighted by Crippen LogP contribution is 2.55. The Kier molecular flexibility index (Phi) is 6.21. The fourth-order valence-electron chi connectivity index (χ4n) is 6.15. The first-order valence-corrected chi connectivity index (χ1v) is 12.2. The molecule has 5 rings (SSSR count). The van der Waals surface area contributed by atoms with Gasteiger partial charge in [-0.3, -0.25) is 19.3 Å². The SMILES string of the molecule is C=C1c2cccc(O)c2C(=O)C2=C(O)[C@]3(O)C(=O)C(C(N)=O)=C(O)[C@@H](N(C)C)[C@@H]3[C@@H](OCc3ccccc3)[C@H]12. The number of carbonyl (C=O) groups is 3. The zero-order valence-corrected chi connectivity index (χ0v) is 21.3. The average molecular weight is 533 g/mol. The van der Waals surface area contributed by atoms with Crippen molar-refractivity contribution in [1.29, 1.82) is 0 Å². The number of nitrogens with two attached hydrogens (primary N) is 1. The van der Waals surface area contributed by atoms with Crippen molar-refractivity contribution in [3.63, 3.8) is 0 Å². The van der Waals surface area contributed by atoms with Crippen LogP contribution in [0, 0.1) is 11.8 Å². The Hall–Kier alpha value is -4.25. The Balaban J connectivity index is 1.80. The van der Waals surface area contributed by atoms with E-state index in [1.165, 1.54) is 11.0 Å². The van der Waals surface area contributed by atoms with Crippen molar-refractivity contribution in [2.75, 3.05) is 14.1 Å². The van der Waals surface area contributed by atoms with Crippen molar-refractivity contribution in [1.82, 2.24) is 4.90 Å². The molecule has 0 saturated heterocycles. The summed E-state index contributed by atoms with van der Waals surface area (Å²) in [4.78, 5) is 41.2. The van der Waals surface area contributed by atoms with Crippen LogP contribution in [0.15, 0.2) is 77.8 Å². The van der Waals surface area contributed by atoms with Crippen molar-refractivity contribution in [3.05, 3.63) is 94.5 Å². The van der Waals surface area contributed by atoms with Crippen LogP contribution >= 0.6 is 0 Å². The van der Waals surface area contributed by atoms with E-state index in [-0.39, 0.29) is 23.5 Å². The van der Waals surface area contributed by atoms with Crippen LogP contribution in [0.4, 0.5) is 0 Å². The molecule has 10 nitrogen and oxygen atoms in total. The molecule has 0 aliphatic heterocycles. The summed E-state index contributed by atoms with van der Waals surface area (Å²) in [5, 5.41) is 45.2. The number of carbonyl (C=O) groups excluding carboxylic acids is 3. The number of ether oxygens (including phenoxy) is 1. The largest absolute Gasteiger partial charge is 0.510 e. The fourth-order valence-corrected chi connectivity index (χ4v) is 6.15. The van der Waals surface area contributed by atoms with Gasteiger partial charge in [0.15, 0.2) is 11.4 Å². The number of primary amides is 1. The highest BCUT2D eigenvalue weighted by Gasteiger charge is 2.67. The van der Waals surface area contributed by atoms with E-state index >= 15 is 0 Å². The molecule has 1 amide bonds. The summed E-state index contributed by atoms with van der Waals surface area (Å²) in [7, 11) is 3.10. The van der Waals surface area contributed by atoms with Crippen LogP contribution in [0.3, 0.4) is 0 Å². The van der Waals surface area contributed by atoms with Crippen molar-refractivity contribution in [2.45, 2.75) is 24.4 Å². The molecule has 5 atom stereocenters. The lowest BCUT2D eigenvalue weighted by molar-refractivity contribution is -0.167. The number of hydrogen-bond donors (Lipinski definition) is 5. The van der Waals surface area contributed by atoms with Gasteiger partial charge >= 0.3 is 0 Å². The number of ketones is 2. The van der Waals surface area contributed by atoms with Crippen LogP contribution in [0.5, 0.6) is 5.75 Å². The van der Waals surface area contributed by atoms with Crippen LogP contribution in [0.2, 0.25) is 0 Å². The molecule has 3 aliphatic carbocycles. The topological polar surface area (TPSA) is 171 Å². The number of hydrogen-bond acceptors (Lipinski definition) is 9. The Morgan fingerprint density at radius 3 is 2.36 bits per heavy atom.